The molecular weight excluding hydrogens is 348 g/mol. The van der Waals surface area contributed by atoms with E-state index in [0.29, 0.717) is 12.2 Å². The molecule has 0 amide bonds. The standard InChI is InChI=1S/C19H18N4O2S/c1-13-18(14-6-4-3-5-7-14)19(17(12-20-13)23(24)25)22-10-15-8-9-16(26-2)11-21-15/h3-9,11-12H,10H2,1-2H3,(H,20,22). The first kappa shape index (κ1) is 17.9. The van der Waals surface area contributed by atoms with Crippen molar-refractivity contribution in [3.63, 3.8) is 0 Å². The Balaban J connectivity index is 2.00. The smallest absolute Gasteiger partial charge is 0.311 e. The lowest BCUT2D eigenvalue weighted by atomic mass is 10.0. The second kappa shape index (κ2) is 7.97. The molecule has 3 rings (SSSR count). The molecule has 0 aliphatic rings. The lowest BCUT2D eigenvalue weighted by Crippen LogP contribution is -2.07. The maximum absolute atomic E-state index is 11.5. The number of hydrogen-bond donors (Lipinski definition) is 1. The van der Waals surface area contributed by atoms with Gasteiger partial charge in [-0.25, -0.2) is 0 Å². The summed E-state index contributed by atoms with van der Waals surface area (Å²) in [6, 6.07) is 13.5. The summed E-state index contributed by atoms with van der Waals surface area (Å²) in [6.45, 7) is 2.24. The van der Waals surface area contributed by atoms with Crippen molar-refractivity contribution in [1.82, 2.24) is 9.97 Å². The molecule has 0 atom stereocenters. The Morgan fingerprint density at radius 1 is 1.12 bits per heavy atom. The van der Waals surface area contributed by atoms with Gasteiger partial charge in [-0.2, -0.15) is 0 Å². The predicted molar refractivity (Wildman–Crippen MR) is 104 cm³/mol. The van der Waals surface area contributed by atoms with Crippen LogP contribution in [0.5, 0.6) is 0 Å². The topological polar surface area (TPSA) is 81.0 Å². The predicted octanol–water partition coefficient (Wildman–Crippen LogP) is 4.69. The highest BCUT2D eigenvalue weighted by Crippen LogP contribution is 2.37. The Hall–Kier alpha value is -2.93. The maximum Gasteiger partial charge on any atom is 0.311 e. The van der Waals surface area contributed by atoms with E-state index in [2.05, 4.69) is 15.3 Å². The van der Waals surface area contributed by atoms with E-state index in [-0.39, 0.29) is 5.69 Å². The molecule has 0 bridgehead atoms. The number of hydrogen-bond acceptors (Lipinski definition) is 6. The van der Waals surface area contributed by atoms with Crippen LogP contribution >= 0.6 is 11.8 Å². The van der Waals surface area contributed by atoms with E-state index in [1.807, 2.05) is 55.6 Å². The van der Waals surface area contributed by atoms with Gasteiger partial charge in [-0.3, -0.25) is 20.1 Å². The first-order chi connectivity index (χ1) is 12.6. The number of aryl methyl sites for hydroxylation is 1. The summed E-state index contributed by atoms with van der Waals surface area (Å²) in [6.07, 6.45) is 5.09. The molecular formula is C19H18N4O2S. The van der Waals surface area contributed by atoms with Crippen LogP contribution in [-0.2, 0) is 6.54 Å². The zero-order valence-corrected chi connectivity index (χ0v) is 15.3. The van der Waals surface area contributed by atoms with E-state index in [0.717, 1.165) is 27.4 Å². The van der Waals surface area contributed by atoms with E-state index in [1.54, 1.807) is 18.0 Å². The quantitative estimate of drug-likeness (QED) is 0.387. The molecule has 6 nitrogen and oxygen atoms in total. The lowest BCUT2D eigenvalue weighted by Gasteiger charge is -2.14. The maximum atomic E-state index is 11.5. The molecule has 1 N–H and O–H groups in total. The summed E-state index contributed by atoms with van der Waals surface area (Å²) in [5.41, 5.74) is 3.58. The fourth-order valence-corrected chi connectivity index (χ4v) is 3.05. The molecule has 0 spiro atoms. The average Bonchev–Trinajstić information content (AvgIpc) is 2.67. The number of nitrogens with one attached hydrogen (secondary N) is 1. The van der Waals surface area contributed by atoms with E-state index < -0.39 is 4.92 Å². The number of rotatable bonds is 6. The number of nitro groups is 1. The number of nitrogens with zero attached hydrogens (tertiary/aromatic N) is 3. The molecule has 0 aliphatic heterocycles. The molecule has 0 saturated heterocycles. The second-order valence-corrected chi connectivity index (χ2v) is 6.52. The van der Waals surface area contributed by atoms with Gasteiger partial charge in [-0.15, -0.1) is 11.8 Å². The minimum Gasteiger partial charge on any atom is -0.373 e. The lowest BCUT2D eigenvalue weighted by molar-refractivity contribution is -0.384. The van der Waals surface area contributed by atoms with E-state index in [9.17, 15) is 10.1 Å². The highest BCUT2D eigenvalue weighted by molar-refractivity contribution is 7.98. The van der Waals surface area contributed by atoms with Gasteiger partial charge in [-0.1, -0.05) is 30.3 Å². The number of anilines is 1. The summed E-state index contributed by atoms with van der Waals surface area (Å²) >= 11 is 1.62. The van der Waals surface area contributed by atoms with Crippen LogP contribution in [0.25, 0.3) is 11.1 Å². The monoisotopic (exact) mass is 366 g/mol. The van der Waals surface area contributed by atoms with Gasteiger partial charge in [0.15, 0.2) is 0 Å². The van der Waals surface area contributed by atoms with Gasteiger partial charge in [0.25, 0.3) is 0 Å². The molecule has 132 valence electrons. The fourth-order valence-electron chi connectivity index (χ4n) is 2.69. The molecule has 2 heterocycles. The van der Waals surface area contributed by atoms with Gasteiger partial charge < -0.3 is 5.32 Å². The van der Waals surface area contributed by atoms with Crippen molar-refractivity contribution in [2.24, 2.45) is 0 Å². The molecule has 7 heteroatoms. The number of thioether (sulfide) groups is 1. The molecule has 0 radical (unpaired) electrons. The van der Waals surface area contributed by atoms with Gasteiger partial charge in [0, 0.05) is 22.3 Å². The Morgan fingerprint density at radius 3 is 2.50 bits per heavy atom. The van der Waals surface area contributed by atoms with Crippen molar-refractivity contribution in [1.29, 1.82) is 0 Å². The Morgan fingerprint density at radius 2 is 1.88 bits per heavy atom. The highest BCUT2D eigenvalue weighted by Gasteiger charge is 2.21. The van der Waals surface area contributed by atoms with Crippen LogP contribution in [0.1, 0.15) is 11.4 Å². The minimum atomic E-state index is -0.411. The third-order valence-electron chi connectivity index (χ3n) is 3.99. The van der Waals surface area contributed by atoms with Crippen molar-refractivity contribution in [3.8, 4) is 11.1 Å². The molecule has 0 unspecified atom stereocenters. The van der Waals surface area contributed by atoms with Crippen LogP contribution in [0.3, 0.4) is 0 Å². The van der Waals surface area contributed by atoms with E-state index in [4.69, 9.17) is 0 Å². The van der Waals surface area contributed by atoms with Crippen molar-refractivity contribution >= 4 is 23.1 Å². The van der Waals surface area contributed by atoms with Crippen molar-refractivity contribution in [2.45, 2.75) is 18.4 Å². The number of benzene rings is 1. The van der Waals surface area contributed by atoms with Crippen LogP contribution < -0.4 is 5.32 Å². The normalized spacial score (nSPS) is 10.5. The van der Waals surface area contributed by atoms with Gasteiger partial charge in [0.1, 0.15) is 11.9 Å². The van der Waals surface area contributed by atoms with Crippen LogP contribution in [0.2, 0.25) is 0 Å². The average molecular weight is 366 g/mol. The van der Waals surface area contributed by atoms with Crippen LogP contribution in [-0.4, -0.2) is 21.1 Å². The Bertz CT molecular complexity index is 915. The first-order valence-corrected chi connectivity index (χ1v) is 9.25. The van der Waals surface area contributed by atoms with Crippen molar-refractivity contribution < 1.29 is 4.92 Å². The summed E-state index contributed by atoms with van der Waals surface area (Å²) in [7, 11) is 0. The van der Waals surface area contributed by atoms with Crippen molar-refractivity contribution in [3.05, 3.63) is 76.4 Å². The molecule has 0 aliphatic carbocycles. The highest BCUT2D eigenvalue weighted by atomic mass is 32.2. The van der Waals surface area contributed by atoms with Crippen molar-refractivity contribution in [2.75, 3.05) is 11.6 Å². The summed E-state index contributed by atoms with van der Waals surface area (Å²) in [5, 5.41) is 14.7. The third-order valence-corrected chi connectivity index (χ3v) is 4.70. The summed E-state index contributed by atoms with van der Waals surface area (Å²) < 4.78 is 0. The molecule has 0 fully saturated rings. The molecule has 1 aromatic carbocycles. The number of pyridine rings is 2. The first-order valence-electron chi connectivity index (χ1n) is 8.02. The summed E-state index contributed by atoms with van der Waals surface area (Å²) in [5.74, 6) is 0. The molecule has 26 heavy (non-hydrogen) atoms. The molecule has 0 saturated carbocycles. The van der Waals surface area contributed by atoms with Gasteiger partial charge >= 0.3 is 5.69 Å². The van der Waals surface area contributed by atoms with Crippen LogP contribution in [0, 0.1) is 17.0 Å². The SMILES string of the molecule is CSc1ccc(CNc2c([N+](=O)[O-])cnc(C)c2-c2ccccc2)nc1. The fraction of sp³-hybridized carbons (Fsp3) is 0.158. The minimum absolute atomic E-state index is 0.0461. The zero-order valence-electron chi connectivity index (χ0n) is 14.5. The van der Waals surface area contributed by atoms with Crippen LogP contribution in [0.4, 0.5) is 11.4 Å². The van der Waals surface area contributed by atoms with E-state index in [1.165, 1.54) is 6.20 Å². The third kappa shape index (κ3) is 3.83. The molecule has 3 aromatic rings. The second-order valence-electron chi connectivity index (χ2n) is 5.64. The summed E-state index contributed by atoms with van der Waals surface area (Å²) in [4.78, 5) is 20.8. The Kier molecular flexibility index (Phi) is 5.48. The zero-order chi connectivity index (χ0) is 18.5. The van der Waals surface area contributed by atoms with Crippen LogP contribution in [0.15, 0.2) is 59.8 Å². The largest absolute Gasteiger partial charge is 0.373 e. The van der Waals surface area contributed by atoms with Gasteiger partial charge in [0.2, 0.25) is 0 Å². The van der Waals surface area contributed by atoms with Gasteiger partial charge in [0.05, 0.1) is 17.2 Å². The number of aromatic nitrogens is 2. The van der Waals surface area contributed by atoms with Gasteiger partial charge in [-0.05, 0) is 30.9 Å². The van der Waals surface area contributed by atoms with E-state index >= 15 is 0 Å². The molecule has 2 aromatic heterocycles. The Labute approximate surface area is 155 Å².